The molecule has 0 fully saturated rings. The zero-order chi connectivity index (χ0) is 46.8. The maximum Gasteiger partial charge on any atom is 0.333 e. The summed E-state index contributed by atoms with van der Waals surface area (Å²) < 4.78 is 5.50. The minimum Gasteiger partial charge on any atom is -0.375 e. The second-order valence-electron chi connectivity index (χ2n) is 19.9. The fraction of sp³-hybridized carbons (Fsp3) is 0. The Balaban J connectivity index is 1.12. The van der Waals surface area contributed by atoms with Crippen LogP contribution in [0.5, 0.6) is 0 Å². The standard InChI is InChI=1S/C66H40B2N4/c1-5-21-41(22-6-1)43-37-49-61-59-47-29-13-17-33-53(47)72-66(59)62(50-38-44(42-23-7-2-8-24-42)40-58-64(50)68(72)52-32-16-20-36-56(52)70(58)46-27-11-4-12-28-46)60-48-30-14-18-34-54(48)71(65(60)61)67-51-31-15-19-35-55(51)69(57(39-43)63(49)67)45-25-9-3-10-26-45/h1-40H. The van der Waals surface area contributed by atoms with Crippen LogP contribution in [0, 0.1) is 0 Å². The van der Waals surface area contributed by atoms with Gasteiger partial charge in [0.2, 0.25) is 0 Å². The summed E-state index contributed by atoms with van der Waals surface area (Å²) in [5, 5.41) is 5.18. The molecule has 0 unspecified atom stereocenters. The van der Waals surface area contributed by atoms with E-state index in [0.29, 0.717) is 0 Å². The van der Waals surface area contributed by atoms with Gasteiger partial charge in [-0.25, -0.2) is 0 Å². The van der Waals surface area contributed by atoms with Crippen LogP contribution >= 0.6 is 0 Å². The van der Waals surface area contributed by atoms with Crippen LogP contribution < -0.4 is 31.7 Å². The Bertz CT molecular complexity index is 4180. The van der Waals surface area contributed by atoms with Crippen molar-refractivity contribution in [3.8, 4) is 44.5 Å². The number of aromatic nitrogens is 2. The Morgan fingerprint density at radius 3 is 1.08 bits per heavy atom. The predicted octanol–water partition coefficient (Wildman–Crippen LogP) is 14.1. The third-order valence-electron chi connectivity index (χ3n) is 16.4. The topological polar surface area (TPSA) is 16.3 Å². The van der Waals surface area contributed by atoms with Gasteiger partial charge in [-0.2, -0.15) is 0 Å². The van der Waals surface area contributed by atoms with Crippen molar-refractivity contribution in [3.05, 3.63) is 243 Å². The monoisotopic (exact) mass is 910 g/mol. The lowest BCUT2D eigenvalue weighted by molar-refractivity contribution is 1.25. The van der Waals surface area contributed by atoms with Crippen molar-refractivity contribution in [2.45, 2.75) is 0 Å². The van der Waals surface area contributed by atoms with Gasteiger partial charge in [0, 0.05) is 88.9 Å². The van der Waals surface area contributed by atoms with Crippen LogP contribution in [-0.4, -0.2) is 22.7 Å². The summed E-state index contributed by atoms with van der Waals surface area (Å²) in [5.74, 6) is 0. The van der Waals surface area contributed by atoms with Gasteiger partial charge in [0.25, 0.3) is 0 Å². The summed E-state index contributed by atoms with van der Waals surface area (Å²) in [6.07, 6.45) is 0. The van der Waals surface area contributed by atoms with Crippen molar-refractivity contribution >= 4 is 113 Å². The second-order valence-corrected chi connectivity index (χ2v) is 19.9. The first-order valence-electron chi connectivity index (χ1n) is 25.2. The molecule has 330 valence electrons. The van der Waals surface area contributed by atoms with Crippen molar-refractivity contribution in [2.24, 2.45) is 0 Å². The van der Waals surface area contributed by atoms with Crippen molar-refractivity contribution in [1.82, 2.24) is 8.96 Å². The van der Waals surface area contributed by atoms with Crippen LogP contribution in [0.4, 0.5) is 34.1 Å². The lowest BCUT2D eigenvalue weighted by atomic mass is 9.44. The van der Waals surface area contributed by atoms with Gasteiger partial charge in [-0.15, -0.1) is 0 Å². The highest BCUT2D eigenvalue weighted by Gasteiger charge is 2.48. The van der Waals surface area contributed by atoms with E-state index in [4.69, 9.17) is 0 Å². The molecule has 0 radical (unpaired) electrons. The molecular formula is C66H40B2N4. The van der Waals surface area contributed by atoms with Gasteiger partial charge in [0.1, 0.15) is 0 Å². The van der Waals surface area contributed by atoms with Crippen LogP contribution in [0.2, 0.25) is 0 Å². The van der Waals surface area contributed by atoms with Crippen LogP contribution in [-0.2, 0) is 0 Å². The summed E-state index contributed by atoms with van der Waals surface area (Å²) in [7, 11) is 0. The zero-order valence-corrected chi connectivity index (χ0v) is 39.0. The number of para-hydroxylation sites is 6. The lowest BCUT2D eigenvalue weighted by Crippen LogP contribution is -2.57. The fourth-order valence-electron chi connectivity index (χ4n) is 13.7. The molecule has 4 aliphatic rings. The molecule has 13 aromatic rings. The largest absolute Gasteiger partial charge is 0.375 e. The number of benzene rings is 11. The van der Waals surface area contributed by atoms with E-state index in [9.17, 15) is 0 Å². The van der Waals surface area contributed by atoms with Crippen molar-refractivity contribution in [2.75, 3.05) is 9.80 Å². The molecule has 0 spiro atoms. The average molecular weight is 911 g/mol. The second kappa shape index (κ2) is 14.2. The van der Waals surface area contributed by atoms with Crippen LogP contribution in [0.3, 0.4) is 0 Å². The number of hydrogen-bond acceptors (Lipinski definition) is 2. The molecule has 0 atom stereocenters. The molecule has 0 saturated carbocycles. The molecule has 6 heteroatoms. The van der Waals surface area contributed by atoms with Crippen molar-refractivity contribution in [1.29, 1.82) is 0 Å². The summed E-state index contributed by atoms with van der Waals surface area (Å²) >= 11 is 0. The summed E-state index contributed by atoms with van der Waals surface area (Å²) in [5.41, 5.74) is 27.5. The number of fused-ring (bicyclic) bond motifs is 16. The number of nitrogens with zero attached hydrogens (tertiary/aromatic N) is 4. The van der Waals surface area contributed by atoms with Gasteiger partial charge in [-0.1, -0.05) is 170 Å². The van der Waals surface area contributed by atoms with Gasteiger partial charge in [-0.3, -0.25) is 0 Å². The van der Waals surface area contributed by atoms with Gasteiger partial charge in [0.15, 0.2) is 0 Å². The first-order chi connectivity index (χ1) is 35.8. The van der Waals surface area contributed by atoms with Gasteiger partial charge < -0.3 is 18.8 Å². The number of anilines is 6. The maximum atomic E-state index is 2.75. The Morgan fingerprint density at radius 2 is 0.653 bits per heavy atom. The highest BCUT2D eigenvalue weighted by molar-refractivity contribution is 6.92. The summed E-state index contributed by atoms with van der Waals surface area (Å²) in [6, 6.07) is 90.9. The Kier molecular flexibility index (Phi) is 7.60. The molecule has 0 N–H and O–H groups in total. The minimum absolute atomic E-state index is 0.0924. The molecular weight excluding hydrogens is 870 g/mol. The Labute approximate surface area is 417 Å². The third kappa shape index (κ3) is 4.88. The third-order valence-corrected chi connectivity index (χ3v) is 16.4. The maximum absolute atomic E-state index is 2.75. The molecule has 4 aliphatic heterocycles. The van der Waals surface area contributed by atoms with E-state index in [0.717, 1.165) is 11.4 Å². The minimum atomic E-state index is -0.0924. The molecule has 11 aromatic carbocycles. The van der Waals surface area contributed by atoms with E-state index in [1.807, 2.05) is 0 Å². The molecule has 0 bridgehead atoms. The van der Waals surface area contributed by atoms with E-state index in [1.165, 1.54) is 133 Å². The molecule has 0 amide bonds. The van der Waals surface area contributed by atoms with Crippen molar-refractivity contribution in [3.63, 3.8) is 0 Å². The fourth-order valence-corrected chi connectivity index (χ4v) is 13.7. The SMILES string of the molecule is c1ccc(-c2cc3c4c(c2)N(c2ccccc2)c2ccccc2B4n2c4ccccc4c4c5c6c(c-3c42)c2ccccc2n6B2c3ccccc3N(c3ccccc3)c3cc(-c4ccccc4)cc-5c32)cc1. The average Bonchev–Trinajstić information content (AvgIpc) is 3.98. The molecule has 0 aliphatic carbocycles. The van der Waals surface area contributed by atoms with E-state index >= 15 is 0 Å². The number of rotatable bonds is 4. The van der Waals surface area contributed by atoms with E-state index in [1.54, 1.807) is 0 Å². The normalized spacial score (nSPS) is 13.4. The molecule has 2 aromatic heterocycles. The van der Waals surface area contributed by atoms with Crippen molar-refractivity contribution < 1.29 is 0 Å². The molecule has 4 nitrogen and oxygen atoms in total. The predicted molar refractivity (Wildman–Crippen MR) is 304 cm³/mol. The van der Waals surface area contributed by atoms with Crippen LogP contribution in [0.1, 0.15) is 0 Å². The molecule has 17 rings (SSSR count). The zero-order valence-electron chi connectivity index (χ0n) is 39.0. The van der Waals surface area contributed by atoms with Gasteiger partial charge in [0.05, 0.1) is 0 Å². The first-order valence-corrected chi connectivity index (χ1v) is 25.2. The summed E-state index contributed by atoms with van der Waals surface area (Å²) in [6.45, 7) is -0.185. The quantitative estimate of drug-likeness (QED) is 0.164. The Morgan fingerprint density at radius 1 is 0.292 bits per heavy atom. The molecule has 72 heavy (non-hydrogen) atoms. The van der Waals surface area contributed by atoms with E-state index < -0.39 is 0 Å². The Hall–Kier alpha value is -9.25. The van der Waals surface area contributed by atoms with E-state index in [-0.39, 0.29) is 13.7 Å². The molecule has 0 saturated heterocycles. The highest BCUT2D eigenvalue weighted by Crippen LogP contribution is 2.56. The molecule has 6 heterocycles. The smallest absolute Gasteiger partial charge is 0.333 e. The van der Waals surface area contributed by atoms with E-state index in [2.05, 4.69) is 261 Å². The van der Waals surface area contributed by atoms with Gasteiger partial charge in [-0.05, 0) is 128 Å². The van der Waals surface area contributed by atoms with Crippen LogP contribution in [0.15, 0.2) is 243 Å². The summed E-state index contributed by atoms with van der Waals surface area (Å²) in [4.78, 5) is 5.06. The highest BCUT2D eigenvalue weighted by atomic mass is 15.2. The number of hydrogen-bond donors (Lipinski definition) is 0. The lowest BCUT2D eigenvalue weighted by Gasteiger charge is -2.42. The van der Waals surface area contributed by atoms with Gasteiger partial charge >= 0.3 is 13.7 Å². The first kappa shape index (κ1) is 38.6. The van der Waals surface area contributed by atoms with Crippen LogP contribution in [0.25, 0.3) is 88.1 Å².